The number of hydrogen-bond acceptors (Lipinski definition) is 4. The Morgan fingerprint density at radius 2 is 2.17 bits per heavy atom. The summed E-state index contributed by atoms with van der Waals surface area (Å²) < 4.78 is 27.6. The van der Waals surface area contributed by atoms with E-state index in [0.29, 0.717) is 19.4 Å². The van der Waals surface area contributed by atoms with Crippen LogP contribution in [0.3, 0.4) is 0 Å². The Kier molecular flexibility index (Phi) is 6.31. The highest BCUT2D eigenvalue weighted by molar-refractivity contribution is 7.89. The molecule has 104 valence electrons. The number of nitrogens with zero attached hydrogens (tertiary/aromatic N) is 2. The van der Waals surface area contributed by atoms with Gasteiger partial charge in [0.2, 0.25) is 10.0 Å². The second-order valence-electron chi connectivity index (χ2n) is 4.19. The summed E-state index contributed by atoms with van der Waals surface area (Å²) in [5.74, 6) is 0.174. The van der Waals surface area contributed by atoms with Gasteiger partial charge in [0, 0.05) is 19.8 Å². The summed E-state index contributed by atoms with van der Waals surface area (Å²) in [6.45, 7) is 4.03. The third-order valence-corrected chi connectivity index (χ3v) is 3.98. The molecule has 0 amide bonds. The fraction of sp³-hybridized carbons (Fsp3) is 0.727. The van der Waals surface area contributed by atoms with Crippen molar-refractivity contribution in [2.24, 2.45) is 7.05 Å². The predicted octanol–water partition coefficient (Wildman–Crippen LogP) is -0.118. The Labute approximate surface area is 109 Å². The first-order chi connectivity index (χ1) is 8.53. The Balaban J connectivity index is 2.20. The van der Waals surface area contributed by atoms with Crippen LogP contribution in [0.1, 0.15) is 18.9 Å². The van der Waals surface area contributed by atoms with E-state index >= 15 is 0 Å². The summed E-state index contributed by atoms with van der Waals surface area (Å²) in [7, 11) is -1.30. The summed E-state index contributed by atoms with van der Waals surface area (Å²) in [5, 5.41) is 7.14. The summed E-state index contributed by atoms with van der Waals surface area (Å²) >= 11 is 0. The molecule has 0 spiro atoms. The lowest BCUT2D eigenvalue weighted by atomic mass is 10.3. The molecule has 0 radical (unpaired) electrons. The van der Waals surface area contributed by atoms with Crippen molar-refractivity contribution in [1.29, 1.82) is 0 Å². The lowest BCUT2D eigenvalue weighted by Gasteiger charge is -2.06. The average Bonchev–Trinajstić information content (AvgIpc) is 2.70. The van der Waals surface area contributed by atoms with Crippen molar-refractivity contribution in [3.8, 4) is 0 Å². The van der Waals surface area contributed by atoms with Gasteiger partial charge in [-0.15, -0.1) is 0 Å². The molecule has 0 saturated carbocycles. The smallest absolute Gasteiger partial charge is 0.211 e. The average molecular weight is 274 g/mol. The van der Waals surface area contributed by atoms with E-state index in [1.807, 2.05) is 20.2 Å². The minimum atomic E-state index is -3.14. The lowest BCUT2D eigenvalue weighted by molar-refractivity contribution is 0.576. The quantitative estimate of drug-likeness (QED) is 0.616. The van der Waals surface area contributed by atoms with Gasteiger partial charge >= 0.3 is 0 Å². The first-order valence-electron chi connectivity index (χ1n) is 6.19. The minimum absolute atomic E-state index is 0.174. The third kappa shape index (κ3) is 6.13. The van der Waals surface area contributed by atoms with Gasteiger partial charge < -0.3 is 5.32 Å². The van der Waals surface area contributed by atoms with E-state index in [1.165, 1.54) is 0 Å². The first-order valence-corrected chi connectivity index (χ1v) is 7.84. The van der Waals surface area contributed by atoms with Crippen LogP contribution in [-0.4, -0.2) is 43.6 Å². The number of sulfonamides is 1. The van der Waals surface area contributed by atoms with Crippen molar-refractivity contribution >= 4 is 10.0 Å². The Morgan fingerprint density at radius 1 is 1.39 bits per heavy atom. The van der Waals surface area contributed by atoms with Crippen molar-refractivity contribution in [1.82, 2.24) is 19.8 Å². The molecular formula is C11H22N4O2S. The zero-order valence-electron chi connectivity index (χ0n) is 11.0. The van der Waals surface area contributed by atoms with E-state index in [1.54, 1.807) is 10.9 Å². The van der Waals surface area contributed by atoms with Gasteiger partial charge in [0.05, 0.1) is 11.9 Å². The molecule has 18 heavy (non-hydrogen) atoms. The molecule has 0 saturated heterocycles. The number of nitrogens with one attached hydrogen (secondary N) is 2. The van der Waals surface area contributed by atoms with Crippen LogP contribution in [0.15, 0.2) is 12.4 Å². The lowest BCUT2D eigenvalue weighted by Crippen LogP contribution is -2.29. The summed E-state index contributed by atoms with van der Waals surface area (Å²) in [4.78, 5) is 0. The number of rotatable bonds is 9. The normalized spacial score (nSPS) is 11.9. The van der Waals surface area contributed by atoms with E-state index in [0.717, 1.165) is 18.7 Å². The molecule has 2 N–H and O–H groups in total. The van der Waals surface area contributed by atoms with Crippen molar-refractivity contribution < 1.29 is 8.42 Å². The van der Waals surface area contributed by atoms with E-state index < -0.39 is 10.0 Å². The molecule has 0 aliphatic carbocycles. The van der Waals surface area contributed by atoms with E-state index in [2.05, 4.69) is 15.1 Å². The van der Waals surface area contributed by atoms with Gasteiger partial charge in [-0.3, -0.25) is 4.68 Å². The molecule has 0 bridgehead atoms. The van der Waals surface area contributed by atoms with Gasteiger partial charge in [0.15, 0.2) is 0 Å². The highest BCUT2D eigenvalue weighted by Gasteiger charge is 2.08. The van der Waals surface area contributed by atoms with Gasteiger partial charge in [-0.05, 0) is 31.5 Å². The SMILES string of the molecule is CCNCCCS(=O)(=O)NCCc1cnn(C)c1. The van der Waals surface area contributed by atoms with Gasteiger partial charge in [0.1, 0.15) is 0 Å². The third-order valence-electron chi connectivity index (χ3n) is 2.51. The van der Waals surface area contributed by atoms with Gasteiger partial charge in [-0.25, -0.2) is 13.1 Å². The van der Waals surface area contributed by atoms with Crippen LogP contribution in [0.25, 0.3) is 0 Å². The van der Waals surface area contributed by atoms with Crippen LogP contribution in [-0.2, 0) is 23.5 Å². The van der Waals surface area contributed by atoms with E-state index in [4.69, 9.17) is 0 Å². The van der Waals surface area contributed by atoms with Crippen LogP contribution in [0.2, 0.25) is 0 Å². The maximum absolute atomic E-state index is 11.6. The number of hydrogen-bond donors (Lipinski definition) is 2. The number of aryl methyl sites for hydroxylation is 1. The van der Waals surface area contributed by atoms with Crippen LogP contribution in [0, 0.1) is 0 Å². The molecule has 1 aromatic rings. The molecule has 1 aromatic heterocycles. The second kappa shape index (κ2) is 7.50. The molecular weight excluding hydrogens is 252 g/mol. The zero-order valence-corrected chi connectivity index (χ0v) is 11.8. The molecule has 1 heterocycles. The Morgan fingerprint density at radius 3 is 2.78 bits per heavy atom. The van der Waals surface area contributed by atoms with E-state index in [-0.39, 0.29) is 5.75 Å². The highest BCUT2D eigenvalue weighted by atomic mass is 32.2. The van der Waals surface area contributed by atoms with Crippen LogP contribution in [0.4, 0.5) is 0 Å². The molecule has 1 rings (SSSR count). The van der Waals surface area contributed by atoms with Crippen molar-refractivity contribution in [2.45, 2.75) is 19.8 Å². The minimum Gasteiger partial charge on any atom is -0.317 e. The molecule has 0 atom stereocenters. The van der Waals surface area contributed by atoms with Gasteiger partial charge in [-0.1, -0.05) is 6.92 Å². The predicted molar refractivity (Wildman–Crippen MR) is 71.9 cm³/mol. The van der Waals surface area contributed by atoms with Gasteiger partial charge in [-0.2, -0.15) is 5.10 Å². The topological polar surface area (TPSA) is 76.0 Å². The maximum atomic E-state index is 11.6. The number of aromatic nitrogens is 2. The zero-order chi connectivity index (χ0) is 13.4. The highest BCUT2D eigenvalue weighted by Crippen LogP contribution is 1.97. The molecule has 0 unspecified atom stereocenters. The van der Waals surface area contributed by atoms with Crippen molar-refractivity contribution in [3.63, 3.8) is 0 Å². The van der Waals surface area contributed by atoms with E-state index in [9.17, 15) is 8.42 Å². The molecule has 6 nitrogen and oxygen atoms in total. The summed E-state index contributed by atoms with van der Waals surface area (Å²) in [6.07, 6.45) is 4.94. The fourth-order valence-corrected chi connectivity index (χ4v) is 2.67. The largest absolute Gasteiger partial charge is 0.317 e. The van der Waals surface area contributed by atoms with Crippen LogP contribution >= 0.6 is 0 Å². The van der Waals surface area contributed by atoms with Crippen molar-refractivity contribution in [2.75, 3.05) is 25.4 Å². The summed E-state index contributed by atoms with van der Waals surface area (Å²) in [5.41, 5.74) is 1.04. The van der Waals surface area contributed by atoms with Crippen LogP contribution < -0.4 is 10.0 Å². The fourth-order valence-electron chi connectivity index (χ4n) is 1.59. The molecule has 0 aliphatic heterocycles. The van der Waals surface area contributed by atoms with Crippen LogP contribution in [0.5, 0.6) is 0 Å². The monoisotopic (exact) mass is 274 g/mol. The first kappa shape index (κ1) is 15.1. The molecule has 0 fully saturated rings. The molecule has 7 heteroatoms. The molecule has 0 aliphatic rings. The Hall–Kier alpha value is -0.920. The summed E-state index contributed by atoms with van der Waals surface area (Å²) in [6, 6.07) is 0. The second-order valence-corrected chi connectivity index (χ2v) is 6.12. The standard InChI is InChI=1S/C11H22N4O2S/c1-3-12-6-4-8-18(16,17)14-7-5-11-9-13-15(2)10-11/h9-10,12,14H,3-8H2,1-2H3. The Bertz CT molecular complexity index is 442. The maximum Gasteiger partial charge on any atom is 0.211 e. The van der Waals surface area contributed by atoms with Gasteiger partial charge in [0.25, 0.3) is 0 Å². The molecule has 0 aromatic carbocycles. The van der Waals surface area contributed by atoms with Crippen molar-refractivity contribution in [3.05, 3.63) is 18.0 Å².